The molecule has 0 heterocycles. The first-order chi connectivity index (χ1) is 12.5. The Bertz CT molecular complexity index is 756. The van der Waals surface area contributed by atoms with Crippen molar-refractivity contribution in [2.45, 2.75) is 25.8 Å². The summed E-state index contributed by atoms with van der Waals surface area (Å²) in [5, 5.41) is 11.8. The van der Waals surface area contributed by atoms with Crippen LogP contribution in [0.5, 0.6) is 5.75 Å². The molecule has 0 unspecified atom stereocenters. The van der Waals surface area contributed by atoms with E-state index in [2.05, 4.69) is 5.32 Å². The molecule has 0 aliphatic heterocycles. The van der Waals surface area contributed by atoms with Gasteiger partial charge in [0, 0.05) is 12.0 Å². The van der Waals surface area contributed by atoms with Crippen LogP contribution in [0.4, 0.5) is 0 Å². The van der Waals surface area contributed by atoms with E-state index in [-0.39, 0.29) is 18.1 Å². The van der Waals surface area contributed by atoms with Gasteiger partial charge < -0.3 is 15.2 Å². The molecule has 0 saturated carbocycles. The standard InChI is InChI=1S/C20H21NO5/c1-14(22)15-9-11-17(12-10-15)26-13-5-8-18(23)21-19(20(24)25)16-6-3-2-4-7-16/h2-4,6-7,9-12,19H,5,8,13H2,1H3,(H,21,23)(H,24,25)/t19-/m0/s1. The molecule has 0 saturated heterocycles. The van der Waals surface area contributed by atoms with E-state index in [1.54, 1.807) is 54.6 Å². The lowest BCUT2D eigenvalue weighted by atomic mass is 10.1. The van der Waals surface area contributed by atoms with Crippen LogP contribution in [0.15, 0.2) is 54.6 Å². The van der Waals surface area contributed by atoms with E-state index < -0.39 is 12.0 Å². The van der Waals surface area contributed by atoms with Gasteiger partial charge in [-0.3, -0.25) is 9.59 Å². The van der Waals surface area contributed by atoms with Crippen molar-refractivity contribution in [3.05, 3.63) is 65.7 Å². The van der Waals surface area contributed by atoms with Crippen LogP contribution < -0.4 is 10.1 Å². The number of hydrogen-bond acceptors (Lipinski definition) is 4. The summed E-state index contributed by atoms with van der Waals surface area (Å²) in [5.41, 5.74) is 1.13. The smallest absolute Gasteiger partial charge is 0.330 e. The fourth-order valence-electron chi connectivity index (χ4n) is 2.37. The van der Waals surface area contributed by atoms with E-state index in [9.17, 15) is 19.5 Å². The van der Waals surface area contributed by atoms with E-state index in [1.807, 2.05) is 0 Å². The maximum Gasteiger partial charge on any atom is 0.330 e. The monoisotopic (exact) mass is 355 g/mol. The van der Waals surface area contributed by atoms with E-state index in [0.29, 0.717) is 29.9 Å². The van der Waals surface area contributed by atoms with Gasteiger partial charge >= 0.3 is 5.97 Å². The summed E-state index contributed by atoms with van der Waals surface area (Å²) in [6.45, 7) is 1.81. The molecule has 6 heteroatoms. The Balaban J connectivity index is 1.77. The molecule has 0 spiro atoms. The third-order valence-electron chi connectivity index (χ3n) is 3.76. The van der Waals surface area contributed by atoms with Gasteiger partial charge in [0.15, 0.2) is 11.8 Å². The quantitative estimate of drug-likeness (QED) is 0.533. The van der Waals surface area contributed by atoms with Crippen LogP contribution in [-0.4, -0.2) is 29.4 Å². The summed E-state index contributed by atoms with van der Waals surface area (Å²) < 4.78 is 5.52. The molecule has 0 aliphatic rings. The fraction of sp³-hybridized carbons (Fsp3) is 0.250. The molecular formula is C20H21NO5. The number of carboxylic acid groups (broad SMARTS) is 1. The summed E-state index contributed by atoms with van der Waals surface area (Å²) in [7, 11) is 0. The van der Waals surface area contributed by atoms with Gasteiger partial charge in [-0.1, -0.05) is 30.3 Å². The molecule has 0 aliphatic carbocycles. The number of rotatable bonds is 9. The van der Waals surface area contributed by atoms with Crippen LogP contribution in [-0.2, 0) is 9.59 Å². The van der Waals surface area contributed by atoms with Crippen molar-refractivity contribution >= 4 is 17.7 Å². The Hall–Kier alpha value is -3.15. The van der Waals surface area contributed by atoms with Crippen LogP contribution in [0.1, 0.15) is 41.7 Å². The molecule has 0 fully saturated rings. The minimum Gasteiger partial charge on any atom is -0.494 e. The van der Waals surface area contributed by atoms with Crippen LogP contribution >= 0.6 is 0 Å². The van der Waals surface area contributed by atoms with E-state index in [4.69, 9.17) is 4.74 Å². The summed E-state index contributed by atoms with van der Waals surface area (Å²) in [5.74, 6) is -0.856. The number of ether oxygens (including phenoxy) is 1. The highest BCUT2D eigenvalue weighted by Gasteiger charge is 2.21. The Kier molecular flexibility index (Phi) is 6.91. The predicted octanol–water partition coefficient (Wildman–Crippen LogP) is 2.99. The zero-order chi connectivity index (χ0) is 18.9. The molecule has 2 aromatic carbocycles. The molecular weight excluding hydrogens is 334 g/mol. The summed E-state index contributed by atoms with van der Waals surface area (Å²) in [6.07, 6.45) is 0.601. The van der Waals surface area contributed by atoms with Crippen LogP contribution in [0.3, 0.4) is 0 Å². The number of amides is 1. The first kappa shape index (κ1) is 19.2. The Labute approximate surface area is 151 Å². The van der Waals surface area contributed by atoms with Crippen molar-refractivity contribution in [1.82, 2.24) is 5.32 Å². The zero-order valence-electron chi connectivity index (χ0n) is 14.5. The van der Waals surface area contributed by atoms with Gasteiger partial charge in [-0.15, -0.1) is 0 Å². The Morgan fingerprint density at radius 1 is 1.04 bits per heavy atom. The van der Waals surface area contributed by atoms with Crippen LogP contribution in [0.2, 0.25) is 0 Å². The lowest BCUT2D eigenvalue weighted by Crippen LogP contribution is -2.33. The summed E-state index contributed by atoms with van der Waals surface area (Å²) >= 11 is 0. The molecule has 0 bridgehead atoms. The second-order valence-electron chi connectivity index (χ2n) is 5.78. The fourth-order valence-corrected chi connectivity index (χ4v) is 2.37. The van der Waals surface area contributed by atoms with Crippen molar-refractivity contribution in [2.75, 3.05) is 6.61 Å². The van der Waals surface area contributed by atoms with Gasteiger partial charge in [0.05, 0.1) is 6.61 Å². The normalized spacial score (nSPS) is 11.4. The van der Waals surface area contributed by atoms with Crippen molar-refractivity contribution in [3.8, 4) is 5.75 Å². The molecule has 136 valence electrons. The number of benzene rings is 2. The Morgan fingerprint density at radius 2 is 1.69 bits per heavy atom. The number of carboxylic acids is 1. The number of carbonyl (C=O) groups excluding carboxylic acids is 2. The first-order valence-corrected chi connectivity index (χ1v) is 8.28. The maximum atomic E-state index is 12.0. The molecule has 2 aromatic rings. The third-order valence-corrected chi connectivity index (χ3v) is 3.76. The minimum atomic E-state index is -1.11. The second-order valence-corrected chi connectivity index (χ2v) is 5.78. The van der Waals surface area contributed by atoms with Gasteiger partial charge in [-0.2, -0.15) is 0 Å². The van der Waals surface area contributed by atoms with E-state index in [1.165, 1.54) is 6.92 Å². The van der Waals surface area contributed by atoms with Gasteiger partial charge in [0.25, 0.3) is 0 Å². The van der Waals surface area contributed by atoms with E-state index >= 15 is 0 Å². The lowest BCUT2D eigenvalue weighted by molar-refractivity contribution is -0.142. The maximum absolute atomic E-state index is 12.0. The Morgan fingerprint density at radius 3 is 2.27 bits per heavy atom. The molecule has 6 nitrogen and oxygen atoms in total. The molecule has 1 amide bonds. The zero-order valence-corrected chi connectivity index (χ0v) is 14.5. The van der Waals surface area contributed by atoms with Crippen molar-refractivity contribution in [1.29, 1.82) is 0 Å². The summed E-state index contributed by atoms with van der Waals surface area (Å²) in [4.78, 5) is 34.6. The number of ketones is 1. The molecule has 26 heavy (non-hydrogen) atoms. The molecule has 0 aromatic heterocycles. The average molecular weight is 355 g/mol. The van der Waals surface area contributed by atoms with Gasteiger partial charge in [-0.05, 0) is 43.2 Å². The SMILES string of the molecule is CC(=O)c1ccc(OCCCC(=O)N[C@H](C(=O)O)c2ccccc2)cc1. The first-order valence-electron chi connectivity index (χ1n) is 8.28. The minimum absolute atomic E-state index is 0.0142. The number of nitrogens with one attached hydrogen (secondary N) is 1. The summed E-state index contributed by atoms with van der Waals surface area (Å²) in [6, 6.07) is 14.3. The van der Waals surface area contributed by atoms with E-state index in [0.717, 1.165) is 0 Å². The largest absolute Gasteiger partial charge is 0.494 e. The highest BCUT2D eigenvalue weighted by atomic mass is 16.5. The van der Waals surface area contributed by atoms with Crippen molar-refractivity contribution in [3.63, 3.8) is 0 Å². The molecule has 2 rings (SSSR count). The third kappa shape index (κ3) is 5.73. The lowest BCUT2D eigenvalue weighted by Gasteiger charge is -2.15. The van der Waals surface area contributed by atoms with Crippen molar-refractivity contribution < 1.29 is 24.2 Å². The van der Waals surface area contributed by atoms with Gasteiger partial charge in [-0.25, -0.2) is 4.79 Å². The predicted molar refractivity (Wildman–Crippen MR) is 96.1 cm³/mol. The highest BCUT2D eigenvalue weighted by molar-refractivity contribution is 5.94. The molecule has 0 radical (unpaired) electrons. The second kappa shape index (κ2) is 9.36. The molecule has 1 atom stereocenters. The van der Waals surface area contributed by atoms with Crippen molar-refractivity contribution in [2.24, 2.45) is 0 Å². The van der Waals surface area contributed by atoms with Crippen LogP contribution in [0.25, 0.3) is 0 Å². The van der Waals surface area contributed by atoms with Gasteiger partial charge in [0.1, 0.15) is 5.75 Å². The number of hydrogen-bond donors (Lipinski definition) is 2. The number of aliphatic carboxylic acids is 1. The highest BCUT2D eigenvalue weighted by Crippen LogP contribution is 2.14. The average Bonchev–Trinajstić information content (AvgIpc) is 2.64. The number of carbonyl (C=O) groups is 3. The van der Waals surface area contributed by atoms with Crippen LogP contribution in [0, 0.1) is 0 Å². The number of Topliss-reactive ketones (excluding diaryl/α,β-unsaturated/α-hetero) is 1. The topological polar surface area (TPSA) is 92.7 Å². The van der Waals surface area contributed by atoms with Gasteiger partial charge in [0.2, 0.25) is 5.91 Å². The molecule has 2 N–H and O–H groups in total.